The summed E-state index contributed by atoms with van der Waals surface area (Å²) in [5.74, 6) is -9.01. The van der Waals surface area contributed by atoms with Crippen molar-refractivity contribution in [1.29, 1.82) is 0 Å². The van der Waals surface area contributed by atoms with E-state index in [-0.39, 0.29) is 68.6 Å². The molecule has 16 heteroatoms. The maximum absolute atomic E-state index is 12.2. The van der Waals surface area contributed by atoms with Crippen molar-refractivity contribution in [3.63, 3.8) is 0 Å². The zero-order valence-corrected chi connectivity index (χ0v) is 27.2. The van der Waals surface area contributed by atoms with Gasteiger partial charge >= 0.3 is 89.0 Å². The van der Waals surface area contributed by atoms with Crippen molar-refractivity contribution < 1.29 is 124 Å². The first-order chi connectivity index (χ1) is 16.7. The molecule has 0 radical (unpaired) electrons. The minimum absolute atomic E-state index is 0. The molecule has 0 bridgehead atoms. The van der Waals surface area contributed by atoms with Crippen LogP contribution in [0.15, 0.2) is 0 Å². The zero-order chi connectivity index (χ0) is 27.8. The standard InChI is InChI=1S/C22H36O13S.2Na.2H/c1-2-3-4-5-6-7-8-9-10-11-12-34-19(27)15-22(21(29)30,14-18(25)26)35-20(28)16(13-17(23)24)36(31,32)33;;;;/h16H,2-15H2,1H3,(H,23,24)(H,25,26)(H,29,30)(H,31,32,33);;;;/q;2*+1;2*-1. The molecule has 2 atom stereocenters. The Balaban J connectivity index is -0.00000102. The van der Waals surface area contributed by atoms with Gasteiger partial charge < -0.3 is 27.6 Å². The van der Waals surface area contributed by atoms with Gasteiger partial charge in [-0.2, -0.15) is 8.42 Å². The van der Waals surface area contributed by atoms with Crippen molar-refractivity contribution in [2.45, 2.75) is 101 Å². The van der Waals surface area contributed by atoms with E-state index in [4.69, 9.17) is 19.5 Å². The van der Waals surface area contributed by atoms with Crippen LogP contribution >= 0.6 is 0 Å². The molecule has 0 aromatic rings. The van der Waals surface area contributed by atoms with E-state index < -0.39 is 70.1 Å². The number of hydrogen-bond donors (Lipinski definition) is 4. The number of ether oxygens (including phenoxy) is 2. The predicted octanol–water partition coefficient (Wildman–Crippen LogP) is -3.35. The van der Waals surface area contributed by atoms with Crippen molar-refractivity contribution in [2.24, 2.45) is 0 Å². The van der Waals surface area contributed by atoms with E-state index in [1.807, 2.05) is 0 Å². The molecule has 0 rings (SSSR count). The molecule has 4 N–H and O–H groups in total. The molecule has 0 fully saturated rings. The van der Waals surface area contributed by atoms with Crippen molar-refractivity contribution in [1.82, 2.24) is 0 Å². The van der Waals surface area contributed by atoms with Crippen LogP contribution in [0.5, 0.6) is 0 Å². The molecule has 2 unspecified atom stereocenters. The van der Waals surface area contributed by atoms with Crippen molar-refractivity contribution >= 4 is 40.0 Å². The predicted molar refractivity (Wildman–Crippen MR) is 126 cm³/mol. The number of unbranched alkanes of at least 4 members (excludes halogenated alkanes) is 9. The number of carboxylic acid groups (broad SMARTS) is 3. The summed E-state index contributed by atoms with van der Waals surface area (Å²) < 4.78 is 41.3. The van der Waals surface area contributed by atoms with Gasteiger partial charge in [0.25, 0.3) is 10.1 Å². The molecule has 13 nitrogen and oxygen atoms in total. The number of carboxylic acids is 3. The Bertz CT molecular complexity index is 875. The van der Waals surface area contributed by atoms with Crippen LogP contribution in [-0.2, 0) is 43.6 Å². The number of esters is 2. The second kappa shape index (κ2) is 22.0. The van der Waals surface area contributed by atoms with Crippen molar-refractivity contribution in [2.75, 3.05) is 6.61 Å². The van der Waals surface area contributed by atoms with Gasteiger partial charge in [-0.3, -0.25) is 23.7 Å². The SMILES string of the molecule is CCCCCCCCCCCCOC(=O)CC(CC(=O)O)(OC(=O)C(CC(=O)O)S(=O)(=O)O)C(=O)O.[H-].[H-].[Na+].[Na+]. The molecule has 0 amide bonds. The Labute approximate surface area is 269 Å². The van der Waals surface area contributed by atoms with E-state index in [2.05, 4.69) is 11.7 Å². The third kappa shape index (κ3) is 18.5. The van der Waals surface area contributed by atoms with Crippen LogP contribution < -0.4 is 59.1 Å². The number of hydrogen-bond acceptors (Lipinski definition) is 9. The fraction of sp³-hybridized carbons (Fsp3) is 0.773. The van der Waals surface area contributed by atoms with Crippen LogP contribution in [0.25, 0.3) is 0 Å². The summed E-state index contributed by atoms with van der Waals surface area (Å²) in [6.07, 6.45) is 5.98. The Morgan fingerprint density at radius 3 is 1.66 bits per heavy atom. The van der Waals surface area contributed by atoms with E-state index in [9.17, 15) is 37.5 Å². The minimum Gasteiger partial charge on any atom is -1.00 e. The molecule has 0 spiro atoms. The smallest absolute Gasteiger partial charge is 1.00 e. The van der Waals surface area contributed by atoms with Crippen LogP contribution in [0.3, 0.4) is 0 Å². The Morgan fingerprint density at radius 2 is 1.26 bits per heavy atom. The molecule has 0 aliphatic carbocycles. The van der Waals surface area contributed by atoms with Gasteiger partial charge in [0.1, 0.15) is 0 Å². The van der Waals surface area contributed by atoms with Crippen LogP contribution in [0.2, 0.25) is 0 Å². The van der Waals surface area contributed by atoms with Gasteiger partial charge in [-0.05, 0) is 6.42 Å². The molecule has 0 saturated carbocycles. The van der Waals surface area contributed by atoms with Crippen molar-refractivity contribution in [3.05, 3.63) is 0 Å². The van der Waals surface area contributed by atoms with Crippen LogP contribution in [0.4, 0.5) is 0 Å². The summed E-state index contributed by atoms with van der Waals surface area (Å²) in [6.45, 7) is 2.05. The molecular formula is C22H38Na2O13S. The number of carbonyl (C=O) groups excluding carboxylic acids is 2. The molecule has 0 heterocycles. The third-order valence-corrected chi connectivity index (χ3v) is 6.37. The average molecular weight is 589 g/mol. The molecular weight excluding hydrogens is 550 g/mol. The largest absolute Gasteiger partial charge is 1.00 e. The first-order valence-electron chi connectivity index (χ1n) is 11.8. The monoisotopic (exact) mass is 588 g/mol. The summed E-state index contributed by atoms with van der Waals surface area (Å²) in [5.41, 5.74) is -3.08. The second-order valence-electron chi connectivity index (χ2n) is 8.47. The van der Waals surface area contributed by atoms with Crippen LogP contribution in [0.1, 0.15) is 93.2 Å². The van der Waals surface area contributed by atoms with E-state index in [1.54, 1.807) is 0 Å². The number of carbonyl (C=O) groups is 5. The zero-order valence-electron chi connectivity index (χ0n) is 24.3. The van der Waals surface area contributed by atoms with E-state index in [1.165, 1.54) is 25.7 Å². The van der Waals surface area contributed by atoms with Gasteiger partial charge in [-0.15, -0.1) is 0 Å². The minimum atomic E-state index is -5.36. The molecule has 0 saturated heterocycles. The maximum Gasteiger partial charge on any atom is 1.00 e. The molecule has 0 aromatic heterocycles. The number of rotatable bonds is 21. The van der Waals surface area contributed by atoms with Gasteiger partial charge in [0.05, 0.1) is 25.9 Å². The molecule has 0 aliphatic rings. The summed E-state index contributed by atoms with van der Waals surface area (Å²) in [5, 5.41) is 24.6. The van der Waals surface area contributed by atoms with Crippen molar-refractivity contribution in [3.8, 4) is 0 Å². The Hall–Kier alpha value is -0.740. The van der Waals surface area contributed by atoms with Gasteiger partial charge in [0.2, 0.25) is 5.60 Å². The van der Waals surface area contributed by atoms with E-state index in [0.717, 1.165) is 32.1 Å². The first kappa shape index (κ1) is 41.7. The maximum atomic E-state index is 12.2. The summed E-state index contributed by atoms with van der Waals surface area (Å²) >= 11 is 0. The van der Waals surface area contributed by atoms with E-state index in [0.29, 0.717) is 6.42 Å². The Kier molecular flexibility index (Phi) is 24.2. The molecule has 0 aliphatic heterocycles. The normalized spacial score (nSPS) is 13.1. The van der Waals surface area contributed by atoms with Gasteiger partial charge in [0, 0.05) is 0 Å². The molecule has 0 aromatic carbocycles. The third-order valence-electron chi connectivity index (χ3n) is 5.30. The summed E-state index contributed by atoms with van der Waals surface area (Å²) in [7, 11) is -5.36. The quantitative estimate of drug-likeness (QED) is 0.0446. The Morgan fingerprint density at radius 1 is 0.789 bits per heavy atom. The van der Waals surface area contributed by atoms with Gasteiger partial charge in [0.15, 0.2) is 5.25 Å². The summed E-state index contributed by atoms with van der Waals surface area (Å²) in [4.78, 5) is 58.3. The van der Waals surface area contributed by atoms with Gasteiger partial charge in [-0.25, -0.2) is 4.79 Å². The van der Waals surface area contributed by atoms with Crippen LogP contribution in [0, 0.1) is 0 Å². The summed E-state index contributed by atoms with van der Waals surface area (Å²) in [6, 6.07) is 0. The second-order valence-corrected chi connectivity index (χ2v) is 10.1. The average Bonchev–Trinajstić information content (AvgIpc) is 2.74. The van der Waals surface area contributed by atoms with Gasteiger partial charge in [-0.1, -0.05) is 64.7 Å². The van der Waals surface area contributed by atoms with Crippen LogP contribution in [-0.4, -0.2) is 75.6 Å². The fourth-order valence-electron chi connectivity index (χ4n) is 3.36. The fourth-order valence-corrected chi connectivity index (χ4v) is 4.01. The number of aliphatic carboxylic acids is 3. The molecule has 212 valence electrons. The molecule has 38 heavy (non-hydrogen) atoms. The first-order valence-corrected chi connectivity index (χ1v) is 13.3. The topological polar surface area (TPSA) is 219 Å². The van der Waals surface area contributed by atoms with E-state index >= 15 is 0 Å².